The topological polar surface area (TPSA) is 20.2 Å². The van der Waals surface area contributed by atoms with Gasteiger partial charge in [0.05, 0.1) is 0 Å². The molecule has 22 heavy (non-hydrogen) atoms. The summed E-state index contributed by atoms with van der Waals surface area (Å²) in [7, 11) is 0. The monoisotopic (exact) mass is 298 g/mol. The van der Waals surface area contributed by atoms with Crippen LogP contribution in [0, 0.1) is 30.1 Å². The minimum atomic E-state index is 0.573. The van der Waals surface area contributed by atoms with Crippen LogP contribution < -0.4 is 0 Å². The second kappa shape index (κ2) is 5.01. The van der Waals surface area contributed by atoms with E-state index in [2.05, 4.69) is 26.8 Å². The molecule has 120 valence electrons. The summed E-state index contributed by atoms with van der Waals surface area (Å²) in [5.74, 6) is 3.84. The smallest absolute Gasteiger partial charge is 0.119 e. The summed E-state index contributed by atoms with van der Waals surface area (Å²) in [6.45, 7) is 7.19. The van der Waals surface area contributed by atoms with Gasteiger partial charge in [-0.25, -0.2) is 0 Å². The van der Waals surface area contributed by atoms with Crippen LogP contribution in [0.15, 0.2) is 12.1 Å². The Kier molecular flexibility index (Phi) is 3.33. The zero-order valence-corrected chi connectivity index (χ0v) is 14.4. The first-order valence-electron chi connectivity index (χ1n) is 9.37. The molecule has 1 aromatic carbocycles. The van der Waals surface area contributed by atoms with Crippen LogP contribution in [0.1, 0.15) is 75.0 Å². The summed E-state index contributed by atoms with van der Waals surface area (Å²) in [6.07, 6.45) is 9.40. The Morgan fingerprint density at radius 2 is 2.00 bits per heavy atom. The van der Waals surface area contributed by atoms with Crippen LogP contribution in [0.4, 0.5) is 0 Å². The van der Waals surface area contributed by atoms with Gasteiger partial charge in [0, 0.05) is 5.56 Å². The zero-order chi connectivity index (χ0) is 15.5. The highest BCUT2D eigenvalue weighted by Gasteiger charge is 2.54. The second-order valence-corrected chi connectivity index (χ2v) is 8.44. The Hall–Kier alpha value is -0.980. The third-order valence-corrected chi connectivity index (χ3v) is 7.79. The molecule has 0 spiro atoms. The molecular weight excluding hydrogens is 268 g/mol. The molecular formula is C21H30O. The number of fused-ring (bicyclic) bond motifs is 5. The number of hydrogen-bond donors (Lipinski definition) is 1. The van der Waals surface area contributed by atoms with Crippen LogP contribution in [0.2, 0.25) is 0 Å². The number of rotatable bonds is 1. The normalized spacial score (nSPS) is 40.0. The highest BCUT2D eigenvalue weighted by Crippen LogP contribution is 2.64. The van der Waals surface area contributed by atoms with Crippen LogP contribution in [0.25, 0.3) is 0 Å². The molecule has 1 N–H and O–H groups in total. The number of aryl methyl sites for hydroxylation is 1. The largest absolute Gasteiger partial charge is 0.508 e. The minimum absolute atomic E-state index is 0.573. The number of aromatic hydroxyl groups is 1. The van der Waals surface area contributed by atoms with Crippen LogP contribution in [-0.2, 0) is 6.42 Å². The van der Waals surface area contributed by atoms with Gasteiger partial charge in [0.1, 0.15) is 5.75 Å². The Morgan fingerprint density at radius 3 is 2.77 bits per heavy atom. The first-order chi connectivity index (χ1) is 10.6. The molecule has 4 unspecified atom stereocenters. The molecule has 0 aliphatic heterocycles. The van der Waals surface area contributed by atoms with E-state index in [1.54, 1.807) is 0 Å². The quantitative estimate of drug-likeness (QED) is 0.717. The highest BCUT2D eigenvalue weighted by atomic mass is 16.3. The Labute approximate surface area is 135 Å². The van der Waals surface area contributed by atoms with Crippen molar-refractivity contribution in [3.05, 3.63) is 28.8 Å². The van der Waals surface area contributed by atoms with E-state index in [4.69, 9.17) is 0 Å². The van der Waals surface area contributed by atoms with E-state index in [9.17, 15) is 5.11 Å². The van der Waals surface area contributed by atoms with Crippen LogP contribution in [-0.4, -0.2) is 5.11 Å². The van der Waals surface area contributed by atoms with Crippen molar-refractivity contribution in [1.82, 2.24) is 0 Å². The van der Waals surface area contributed by atoms with Crippen LogP contribution in [0.3, 0.4) is 0 Å². The maximum atomic E-state index is 10.5. The standard InChI is InChI=1S/C21H30O/c1-4-14-6-9-18-16-8-7-15-13(2)5-10-19(22)20(15)17(16)11-12-21(14,18)3/h5,10,14,16-18,22H,4,6-9,11-12H2,1-3H3/t14?,16?,17?,18?,21-/m1/s1. The van der Waals surface area contributed by atoms with Crippen molar-refractivity contribution >= 4 is 0 Å². The van der Waals surface area contributed by atoms with E-state index in [1.807, 2.05) is 6.07 Å². The second-order valence-electron chi connectivity index (χ2n) is 8.44. The first kappa shape index (κ1) is 14.6. The SMILES string of the molecule is CCC1CCC2C3CCc4c(C)ccc(O)c4C3CC[C@]12C. The van der Waals surface area contributed by atoms with Gasteiger partial charge in [0.2, 0.25) is 0 Å². The summed E-state index contributed by atoms with van der Waals surface area (Å²) in [4.78, 5) is 0. The van der Waals surface area contributed by atoms with Crippen molar-refractivity contribution in [3.8, 4) is 5.75 Å². The lowest BCUT2D eigenvalue weighted by Gasteiger charge is -2.51. The molecule has 0 amide bonds. The molecule has 5 atom stereocenters. The number of phenols is 1. The molecule has 1 heteroatoms. The van der Waals surface area contributed by atoms with Gasteiger partial charge in [-0.1, -0.05) is 26.3 Å². The van der Waals surface area contributed by atoms with E-state index >= 15 is 0 Å². The summed E-state index contributed by atoms with van der Waals surface area (Å²) >= 11 is 0. The first-order valence-corrected chi connectivity index (χ1v) is 9.37. The molecule has 1 aromatic rings. The molecule has 0 heterocycles. The van der Waals surface area contributed by atoms with Gasteiger partial charge in [-0.2, -0.15) is 0 Å². The molecule has 3 aliphatic rings. The van der Waals surface area contributed by atoms with Gasteiger partial charge in [0.15, 0.2) is 0 Å². The predicted molar refractivity (Wildman–Crippen MR) is 91.2 cm³/mol. The molecule has 2 saturated carbocycles. The highest BCUT2D eigenvalue weighted by molar-refractivity contribution is 5.48. The molecule has 3 aliphatic carbocycles. The van der Waals surface area contributed by atoms with E-state index < -0.39 is 0 Å². The molecule has 2 fully saturated rings. The molecule has 0 saturated heterocycles. The lowest BCUT2D eigenvalue weighted by Crippen LogP contribution is -2.42. The van der Waals surface area contributed by atoms with Gasteiger partial charge < -0.3 is 5.11 Å². The van der Waals surface area contributed by atoms with Crippen LogP contribution >= 0.6 is 0 Å². The Bertz CT molecular complexity index is 590. The molecule has 0 radical (unpaired) electrons. The number of hydrogen-bond acceptors (Lipinski definition) is 1. The van der Waals surface area contributed by atoms with E-state index in [-0.39, 0.29) is 0 Å². The summed E-state index contributed by atoms with van der Waals surface area (Å²) in [6, 6.07) is 4.04. The molecule has 0 aromatic heterocycles. The summed E-state index contributed by atoms with van der Waals surface area (Å²) in [5, 5.41) is 10.5. The van der Waals surface area contributed by atoms with Gasteiger partial charge in [-0.3, -0.25) is 0 Å². The fraction of sp³-hybridized carbons (Fsp3) is 0.714. The lowest BCUT2D eigenvalue weighted by molar-refractivity contribution is 0.0266. The Balaban J connectivity index is 1.74. The van der Waals surface area contributed by atoms with Crippen molar-refractivity contribution < 1.29 is 5.11 Å². The van der Waals surface area contributed by atoms with E-state index in [0.29, 0.717) is 17.1 Å². The van der Waals surface area contributed by atoms with Gasteiger partial charge in [-0.15, -0.1) is 0 Å². The maximum Gasteiger partial charge on any atom is 0.119 e. The zero-order valence-electron chi connectivity index (χ0n) is 14.4. The van der Waals surface area contributed by atoms with Crippen molar-refractivity contribution in [3.63, 3.8) is 0 Å². The number of phenolic OH excluding ortho intramolecular Hbond substituents is 1. The average Bonchev–Trinajstić information content (AvgIpc) is 2.87. The van der Waals surface area contributed by atoms with Crippen molar-refractivity contribution in [2.24, 2.45) is 23.2 Å². The third-order valence-electron chi connectivity index (χ3n) is 7.79. The lowest BCUT2D eigenvalue weighted by atomic mass is 9.53. The fourth-order valence-corrected chi connectivity index (χ4v) is 6.65. The molecule has 4 rings (SSSR count). The third kappa shape index (κ3) is 1.83. The average molecular weight is 298 g/mol. The van der Waals surface area contributed by atoms with E-state index in [1.165, 1.54) is 61.6 Å². The summed E-state index contributed by atoms with van der Waals surface area (Å²) < 4.78 is 0. The Morgan fingerprint density at radius 1 is 1.18 bits per heavy atom. The van der Waals surface area contributed by atoms with Crippen molar-refractivity contribution in [2.45, 2.75) is 71.6 Å². The molecule has 0 bridgehead atoms. The van der Waals surface area contributed by atoms with Gasteiger partial charge in [-0.05, 0) is 91.7 Å². The number of benzene rings is 1. The van der Waals surface area contributed by atoms with Crippen molar-refractivity contribution in [2.75, 3.05) is 0 Å². The minimum Gasteiger partial charge on any atom is -0.508 e. The maximum absolute atomic E-state index is 10.5. The fourth-order valence-electron chi connectivity index (χ4n) is 6.65. The van der Waals surface area contributed by atoms with Gasteiger partial charge >= 0.3 is 0 Å². The molecule has 1 nitrogen and oxygen atoms in total. The van der Waals surface area contributed by atoms with Crippen LogP contribution in [0.5, 0.6) is 5.75 Å². The van der Waals surface area contributed by atoms with Gasteiger partial charge in [0.25, 0.3) is 0 Å². The van der Waals surface area contributed by atoms with Crippen molar-refractivity contribution in [1.29, 1.82) is 0 Å². The predicted octanol–water partition coefficient (Wildman–Crippen LogP) is 5.58. The van der Waals surface area contributed by atoms with E-state index in [0.717, 1.165) is 17.8 Å². The summed E-state index contributed by atoms with van der Waals surface area (Å²) in [5.41, 5.74) is 4.76.